The SMILES string of the molecule is O=C(O)C1CCC(C(=O)Nc2cc(Cl)ccc2F)O1. The van der Waals surface area contributed by atoms with Crippen LogP contribution in [-0.4, -0.2) is 29.2 Å². The molecule has 1 aromatic rings. The van der Waals surface area contributed by atoms with E-state index >= 15 is 0 Å². The molecule has 0 bridgehead atoms. The summed E-state index contributed by atoms with van der Waals surface area (Å²) in [4.78, 5) is 22.5. The molecule has 102 valence electrons. The van der Waals surface area contributed by atoms with Crippen molar-refractivity contribution in [1.82, 2.24) is 0 Å². The van der Waals surface area contributed by atoms with Gasteiger partial charge in [-0.25, -0.2) is 9.18 Å². The molecule has 0 radical (unpaired) electrons. The fourth-order valence-corrected chi connectivity index (χ4v) is 1.99. The van der Waals surface area contributed by atoms with Crippen molar-refractivity contribution < 1.29 is 23.8 Å². The largest absolute Gasteiger partial charge is 0.479 e. The van der Waals surface area contributed by atoms with Crippen molar-refractivity contribution in [1.29, 1.82) is 0 Å². The molecule has 1 aliphatic rings. The number of hydrogen-bond donors (Lipinski definition) is 2. The van der Waals surface area contributed by atoms with Crippen molar-refractivity contribution in [2.75, 3.05) is 5.32 Å². The lowest BCUT2D eigenvalue weighted by molar-refractivity contribution is -0.150. The van der Waals surface area contributed by atoms with Crippen LogP contribution in [0.25, 0.3) is 0 Å². The first-order chi connectivity index (χ1) is 8.97. The minimum absolute atomic E-state index is 0.0557. The first-order valence-electron chi connectivity index (χ1n) is 5.61. The van der Waals surface area contributed by atoms with Gasteiger partial charge in [0.05, 0.1) is 5.69 Å². The summed E-state index contributed by atoms with van der Waals surface area (Å²) in [5, 5.41) is 11.4. The van der Waals surface area contributed by atoms with Crippen molar-refractivity contribution in [3.05, 3.63) is 29.0 Å². The van der Waals surface area contributed by atoms with Crippen LogP contribution in [0.4, 0.5) is 10.1 Å². The molecule has 7 heteroatoms. The maximum atomic E-state index is 13.4. The van der Waals surface area contributed by atoms with Crippen LogP contribution in [0.5, 0.6) is 0 Å². The molecule has 1 fully saturated rings. The Labute approximate surface area is 113 Å². The lowest BCUT2D eigenvalue weighted by atomic mass is 10.2. The summed E-state index contributed by atoms with van der Waals surface area (Å²) in [6.45, 7) is 0. The highest BCUT2D eigenvalue weighted by molar-refractivity contribution is 6.30. The number of anilines is 1. The van der Waals surface area contributed by atoms with E-state index in [9.17, 15) is 14.0 Å². The molecule has 2 rings (SSSR count). The van der Waals surface area contributed by atoms with E-state index in [2.05, 4.69) is 5.32 Å². The molecule has 0 aliphatic carbocycles. The van der Waals surface area contributed by atoms with E-state index in [1.54, 1.807) is 0 Å². The summed E-state index contributed by atoms with van der Waals surface area (Å²) in [5.41, 5.74) is -0.0557. The van der Waals surface area contributed by atoms with Crippen molar-refractivity contribution in [2.45, 2.75) is 25.0 Å². The summed E-state index contributed by atoms with van der Waals surface area (Å²) in [7, 11) is 0. The Kier molecular flexibility index (Phi) is 4.01. The van der Waals surface area contributed by atoms with Crippen molar-refractivity contribution >= 4 is 29.2 Å². The van der Waals surface area contributed by atoms with Gasteiger partial charge in [0.25, 0.3) is 5.91 Å². The van der Waals surface area contributed by atoms with Gasteiger partial charge in [0.2, 0.25) is 0 Å². The average molecular weight is 288 g/mol. The number of carboxylic acid groups (broad SMARTS) is 1. The fraction of sp³-hybridized carbons (Fsp3) is 0.333. The molecule has 1 amide bonds. The van der Waals surface area contributed by atoms with Crippen molar-refractivity contribution in [3.63, 3.8) is 0 Å². The van der Waals surface area contributed by atoms with Crippen molar-refractivity contribution in [2.24, 2.45) is 0 Å². The minimum atomic E-state index is -1.11. The van der Waals surface area contributed by atoms with Crippen LogP contribution in [0.3, 0.4) is 0 Å². The normalized spacial score (nSPS) is 22.2. The highest BCUT2D eigenvalue weighted by Gasteiger charge is 2.34. The zero-order valence-corrected chi connectivity index (χ0v) is 10.5. The molecule has 2 atom stereocenters. The Morgan fingerprint density at radius 3 is 2.68 bits per heavy atom. The van der Waals surface area contributed by atoms with Crippen LogP contribution in [0, 0.1) is 5.82 Å². The minimum Gasteiger partial charge on any atom is -0.479 e. The number of hydrogen-bond acceptors (Lipinski definition) is 3. The van der Waals surface area contributed by atoms with Crippen LogP contribution >= 0.6 is 11.6 Å². The summed E-state index contributed by atoms with van der Waals surface area (Å²) in [6, 6.07) is 3.77. The number of carbonyl (C=O) groups excluding carboxylic acids is 1. The van der Waals surface area contributed by atoms with E-state index in [1.165, 1.54) is 12.1 Å². The predicted molar refractivity (Wildman–Crippen MR) is 65.6 cm³/mol. The molecule has 19 heavy (non-hydrogen) atoms. The van der Waals surface area contributed by atoms with Gasteiger partial charge in [-0.3, -0.25) is 4.79 Å². The van der Waals surface area contributed by atoms with E-state index in [1.807, 2.05) is 0 Å². The monoisotopic (exact) mass is 287 g/mol. The van der Waals surface area contributed by atoms with Crippen LogP contribution < -0.4 is 5.32 Å². The molecule has 2 unspecified atom stereocenters. The molecule has 1 saturated heterocycles. The number of benzene rings is 1. The van der Waals surface area contributed by atoms with Gasteiger partial charge in [-0.1, -0.05) is 11.6 Å². The van der Waals surface area contributed by atoms with Gasteiger partial charge in [-0.15, -0.1) is 0 Å². The second-order valence-electron chi connectivity index (χ2n) is 4.14. The zero-order chi connectivity index (χ0) is 14.0. The van der Waals surface area contributed by atoms with Crippen LogP contribution in [-0.2, 0) is 14.3 Å². The summed E-state index contributed by atoms with van der Waals surface area (Å²) in [5.74, 6) is -2.31. The Balaban J connectivity index is 2.02. The summed E-state index contributed by atoms with van der Waals surface area (Å²) < 4.78 is 18.5. The number of halogens is 2. The average Bonchev–Trinajstić information content (AvgIpc) is 2.83. The van der Waals surface area contributed by atoms with Gasteiger partial charge in [-0.2, -0.15) is 0 Å². The molecular formula is C12H11ClFNO4. The number of aliphatic carboxylic acids is 1. The van der Waals surface area contributed by atoms with Gasteiger partial charge in [-0.05, 0) is 31.0 Å². The van der Waals surface area contributed by atoms with Crippen LogP contribution in [0.15, 0.2) is 18.2 Å². The quantitative estimate of drug-likeness (QED) is 0.892. The van der Waals surface area contributed by atoms with Crippen LogP contribution in [0.2, 0.25) is 5.02 Å². The van der Waals surface area contributed by atoms with E-state index in [-0.39, 0.29) is 23.6 Å². The third-order valence-corrected chi connectivity index (χ3v) is 3.01. The Morgan fingerprint density at radius 1 is 1.37 bits per heavy atom. The molecule has 0 spiro atoms. The zero-order valence-electron chi connectivity index (χ0n) is 9.73. The highest BCUT2D eigenvalue weighted by atomic mass is 35.5. The third kappa shape index (κ3) is 3.21. The standard InChI is InChI=1S/C12H11ClFNO4/c13-6-1-2-7(14)8(5-6)15-11(16)9-3-4-10(19-9)12(17)18/h1-2,5,9-10H,3-4H2,(H,15,16)(H,17,18). The molecule has 0 saturated carbocycles. The van der Waals surface area contributed by atoms with Gasteiger partial charge in [0.1, 0.15) is 11.9 Å². The second-order valence-corrected chi connectivity index (χ2v) is 4.58. The smallest absolute Gasteiger partial charge is 0.332 e. The third-order valence-electron chi connectivity index (χ3n) is 2.77. The Bertz CT molecular complexity index is 522. The summed E-state index contributed by atoms with van der Waals surface area (Å²) >= 11 is 5.70. The van der Waals surface area contributed by atoms with E-state index in [0.29, 0.717) is 0 Å². The molecular weight excluding hydrogens is 277 g/mol. The molecule has 1 aliphatic heterocycles. The topological polar surface area (TPSA) is 75.6 Å². The lowest BCUT2D eigenvalue weighted by Gasteiger charge is -2.12. The maximum Gasteiger partial charge on any atom is 0.332 e. The molecule has 1 heterocycles. The second kappa shape index (κ2) is 5.54. The van der Waals surface area contributed by atoms with E-state index in [0.717, 1.165) is 6.07 Å². The van der Waals surface area contributed by atoms with E-state index < -0.39 is 29.9 Å². The van der Waals surface area contributed by atoms with E-state index in [4.69, 9.17) is 21.4 Å². The number of ether oxygens (including phenoxy) is 1. The fourth-order valence-electron chi connectivity index (χ4n) is 1.82. The lowest BCUT2D eigenvalue weighted by Crippen LogP contribution is -2.30. The van der Waals surface area contributed by atoms with Gasteiger partial charge < -0.3 is 15.2 Å². The summed E-state index contributed by atoms with van der Waals surface area (Å²) in [6.07, 6.45) is -1.34. The number of nitrogens with one attached hydrogen (secondary N) is 1. The van der Waals surface area contributed by atoms with Gasteiger partial charge >= 0.3 is 5.97 Å². The predicted octanol–water partition coefficient (Wildman–Crippen LogP) is 2.05. The first-order valence-corrected chi connectivity index (χ1v) is 5.99. The molecule has 0 aromatic heterocycles. The number of carboxylic acids is 1. The van der Waals surface area contributed by atoms with Crippen LogP contribution in [0.1, 0.15) is 12.8 Å². The Morgan fingerprint density at radius 2 is 2.05 bits per heavy atom. The van der Waals surface area contributed by atoms with Crippen molar-refractivity contribution in [3.8, 4) is 0 Å². The van der Waals surface area contributed by atoms with Gasteiger partial charge in [0.15, 0.2) is 6.10 Å². The Hall–Kier alpha value is -1.66. The van der Waals surface area contributed by atoms with Gasteiger partial charge in [0, 0.05) is 5.02 Å². The number of amides is 1. The number of rotatable bonds is 3. The molecule has 2 N–H and O–H groups in total. The molecule has 1 aromatic carbocycles. The highest BCUT2D eigenvalue weighted by Crippen LogP contribution is 2.23. The maximum absolute atomic E-state index is 13.4. The molecule has 5 nitrogen and oxygen atoms in total. The first kappa shape index (κ1) is 13.8. The number of carbonyl (C=O) groups is 2.